The average molecular weight is 284 g/mol. The molecule has 0 aliphatic heterocycles. The van der Waals surface area contributed by atoms with Crippen molar-refractivity contribution in [2.24, 2.45) is 0 Å². The molecule has 1 N–H and O–H groups in total. The van der Waals surface area contributed by atoms with Crippen LogP contribution in [-0.2, 0) is 16.9 Å². The minimum atomic E-state index is -1.05. The van der Waals surface area contributed by atoms with E-state index in [9.17, 15) is 5.11 Å². The quantitative estimate of drug-likeness (QED) is 0.665. The van der Waals surface area contributed by atoms with E-state index >= 15 is 0 Å². The third-order valence-electron chi connectivity index (χ3n) is 3.10. The van der Waals surface area contributed by atoms with Gasteiger partial charge in [0.05, 0.1) is 5.69 Å². The van der Waals surface area contributed by atoms with Crippen molar-refractivity contribution in [3.8, 4) is 5.75 Å². The zero-order valence-corrected chi connectivity index (χ0v) is 14.4. The fourth-order valence-corrected chi connectivity index (χ4v) is 2.45. The molecule has 0 aliphatic carbocycles. The highest BCUT2D eigenvalue weighted by Gasteiger charge is 2.25. The lowest BCUT2D eigenvalue weighted by molar-refractivity contribution is 0.0764. The number of ether oxygens (including phenoxy) is 1. The first kappa shape index (κ1) is 16.2. The molecule has 5 heteroatoms. The Morgan fingerprint density at radius 2 is 1.84 bits per heavy atom. The summed E-state index contributed by atoms with van der Waals surface area (Å²) in [7, 11) is -1.05. The third-order valence-corrected chi connectivity index (χ3v) is 4.80. The van der Waals surface area contributed by atoms with Gasteiger partial charge in [-0.3, -0.25) is 0 Å². The molecule has 1 aromatic heterocycles. The maximum atomic E-state index is 10.1. The van der Waals surface area contributed by atoms with Crippen LogP contribution in [-0.4, -0.2) is 29.6 Å². The van der Waals surface area contributed by atoms with Gasteiger partial charge in [-0.1, -0.05) is 40.4 Å². The standard InChI is InChI=1S/C14H28N2O2Si/c1-11-12(17)13(14(2,3)4)15-16(11)10-18-8-9-19(5,6)7/h17H,8-10H2,1-7H3. The van der Waals surface area contributed by atoms with Gasteiger partial charge in [0, 0.05) is 20.1 Å². The van der Waals surface area contributed by atoms with Crippen LogP contribution in [0.15, 0.2) is 0 Å². The lowest BCUT2D eigenvalue weighted by Crippen LogP contribution is -2.22. The van der Waals surface area contributed by atoms with Crippen LogP contribution in [0.1, 0.15) is 32.2 Å². The molecular formula is C14H28N2O2Si. The van der Waals surface area contributed by atoms with Gasteiger partial charge in [-0.2, -0.15) is 5.10 Å². The Hall–Kier alpha value is -0.813. The van der Waals surface area contributed by atoms with E-state index < -0.39 is 8.07 Å². The minimum absolute atomic E-state index is 0.154. The van der Waals surface area contributed by atoms with Crippen molar-refractivity contribution in [1.82, 2.24) is 9.78 Å². The van der Waals surface area contributed by atoms with Crippen LogP contribution in [0.25, 0.3) is 0 Å². The number of aromatic hydroxyl groups is 1. The van der Waals surface area contributed by atoms with E-state index in [2.05, 4.69) is 24.7 Å². The fourth-order valence-electron chi connectivity index (χ4n) is 1.70. The van der Waals surface area contributed by atoms with E-state index in [0.29, 0.717) is 12.5 Å². The predicted molar refractivity (Wildman–Crippen MR) is 81.4 cm³/mol. The molecule has 0 fully saturated rings. The van der Waals surface area contributed by atoms with E-state index in [4.69, 9.17) is 4.74 Å². The molecule has 0 saturated heterocycles. The summed E-state index contributed by atoms with van der Waals surface area (Å²) in [6, 6.07) is 1.14. The van der Waals surface area contributed by atoms with Crippen molar-refractivity contribution in [2.75, 3.05) is 6.61 Å². The number of hydrogen-bond donors (Lipinski definition) is 1. The summed E-state index contributed by atoms with van der Waals surface area (Å²) >= 11 is 0. The largest absolute Gasteiger partial charge is 0.504 e. The molecule has 0 atom stereocenters. The Kier molecular flexibility index (Phi) is 4.85. The van der Waals surface area contributed by atoms with Gasteiger partial charge >= 0.3 is 0 Å². The second-order valence-electron chi connectivity index (χ2n) is 7.38. The monoisotopic (exact) mass is 284 g/mol. The first-order valence-corrected chi connectivity index (χ1v) is 10.6. The number of hydrogen-bond acceptors (Lipinski definition) is 3. The van der Waals surface area contributed by atoms with E-state index in [0.717, 1.165) is 24.0 Å². The smallest absolute Gasteiger partial charge is 0.160 e. The van der Waals surface area contributed by atoms with Crippen LogP contribution in [0, 0.1) is 6.92 Å². The van der Waals surface area contributed by atoms with Gasteiger partial charge in [0.2, 0.25) is 0 Å². The van der Waals surface area contributed by atoms with Gasteiger partial charge in [-0.15, -0.1) is 0 Å². The van der Waals surface area contributed by atoms with Crippen LogP contribution < -0.4 is 0 Å². The summed E-state index contributed by atoms with van der Waals surface area (Å²) in [4.78, 5) is 0. The van der Waals surface area contributed by atoms with Crippen LogP contribution in [0.3, 0.4) is 0 Å². The molecule has 4 nitrogen and oxygen atoms in total. The van der Waals surface area contributed by atoms with Crippen molar-refractivity contribution in [1.29, 1.82) is 0 Å². The van der Waals surface area contributed by atoms with Crippen molar-refractivity contribution in [3.05, 3.63) is 11.4 Å². The van der Waals surface area contributed by atoms with E-state index in [1.165, 1.54) is 0 Å². The van der Waals surface area contributed by atoms with Crippen LogP contribution in [0.2, 0.25) is 25.7 Å². The highest BCUT2D eigenvalue weighted by Crippen LogP contribution is 2.31. The Morgan fingerprint density at radius 3 is 2.26 bits per heavy atom. The molecule has 1 aromatic rings. The normalized spacial score (nSPS) is 13.0. The lowest BCUT2D eigenvalue weighted by Gasteiger charge is -2.16. The third kappa shape index (κ3) is 4.65. The molecule has 0 bridgehead atoms. The van der Waals surface area contributed by atoms with E-state index in [-0.39, 0.29) is 5.41 Å². The maximum absolute atomic E-state index is 10.1. The molecule has 0 unspecified atom stereocenters. The molecule has 0 amide bonds. The molecule has 0 saturated carbocycles. The van der Waals surface area contributed by atoms with E-state index in [1.54, 1.807) is 4.68 Å². The summed E-state index contributed by atoms with van der Waals surface area (Å²) in [5.41, 5.74) is 1.36. The second kappa shape index (κ2) is 5.67. The molecule has 19 heavy (non-hydrogen) atoms. The van der Waals surface area contributed by atoms with Gasteiger partial charge in [0.25, 0.3) is 0 Å². The first-order valence-electron chi connectivity index (χ1n) is 6.87. The van der Waals surface area contributed by atoms with Gasteiger partial charge in [-0.25, -0.2) is 4.68 Å². The Bertz CT molecular complexity index is 428. The summed E-state index contributed by atoms with van der Waals surface area (Å²) in [6.07, 6.45) is 0. The highest BCUT2D eigenvalue weighted by atomic mass is 28.3. The van der Waals surface area contributed by atoms with Gasteiger partial charge < -0.3 is 9.84 Å². The SMILES string of the molecule is Cc1c(O)c(C(C)(C)C)nn1COCC[Si](C)(C)C. The van der Waals surface area contributed by atoms with Crippen molar-refractivity contribution in [2.45, 2.75) is 65.5 Å². The minimum Gasteiger partial charge on any atom is -0.504 e. The molecule has 1 heterocycles. The van der Waals surface area contributed by atoms with Crippen LogP contribution in [0.4, 0.5) is 0 Å². The lowest BCUT2D eigenvalue weighted by atomic mass is 9.91. The zero-order valence-electron chi connectivity index (χ0n) is 13.4. The predicted octanol–water partition coefficient (Wildman–Crippen LogP) is 3.51. The van der Waals surface area contributed by atoms with Crippen LogP contribution >= 0.6 is 0 Å². The van der Waals surface area contributed by atoms with Crippen molar-refractivity contribution in [3.63, 3.8) is 0 Å². The first-order chi connectivity index (χ1) is 8.52. The summed E-state index contributed by atoms with van der Waals surface area (Å²) in [6.45, 7) is 16.2. The highest BCUT2D eigenvalue weighted by molar-refractivity contribution is 6.76. The number of aromatic nitrogens is 2. The topological polar surface area (TPSA) is 47.3 Å². The van der Waals surface area contributed by atoms with Gasteiger partial charge in [-0.05, 0) is 13.0 Å². The zero-order chi connectivity index (χ0) is 14.8. The Morgan fingerprint density at radius 1 is 1.26 bits per heavy atom. The maximum Gasteiger partial charge on any atom is 0.160 e. The Balaban J connectivity index is 2.65. The van der Waals surface area contributed by atoms with Crippen molar-refractivity contribution >= 4 is 8.07 Å². The van der Waals surface area contributed by atoms with Gasteiger partial charge in [0.1, 0.15) is 12.4 Å². The molecule has 110 valence electrons. The second-order valence-corrected chi connectivity index (χ2v) is 13.0. The van der Waals surface area contributed by atoms with E-state index in [1.807, 2.05) is 27.7 Å². The van der Waals surface area contributed by atoms with Gasteiger partial charge in [0.15, 0.2) is 5.75 Å². The Labute approximate surface area is 117 Å². The fraction of sp³-hybridized carbons (Fsp3) is 0.786. The molecule has 0 spiro atoms. The van der Waals surface area contributed by atoms with Crippen LogP contribution in [0.5, 0.6) is 5.75 Å². The molecule has 1 rings (SSSR count). The molecule has 0 radical (unpaired) electrons. The molecule has 0 aromatic carbocycles. The molecule has 0 aliphatic rings. The summed E-state index contributed by atoms with van der Waals surface area (Å²) in [5, 5.41) is 14.6. The summed E-state index contributed by atoms with van der Waals surface area (Å²) < 4.78 is 7.43. The number of rotatable bonds is 5. The average Bonchev–Trinajstić information content (AvgIpc) is 2.50. The molecular weight excluding hydrogens is 256 g/mol. The van der Waals surface area contributed by atoms with Crippen molar-refractivity contribution < 1.29 is 9.84 Å². The summed E-state index contributed by atoms with van der Waals surface area (Å²) in [5.74, 6) is 0.293. The number of nitrogens with zero attached hydrogens (tertiary/aromatic N) is 2.